The van der Waals surface area contributed by atoms with Gasteiger partial charge in [-0.15, -0.1) is 0 Å². The number of carbonyl (C=O) groups is 1. The number of urea groups is 1. The van der Waals surface area contributed by atoms with Crippen LogP contribution in [0.15, 0.2) is 24.3 Å². The molecule has 5 nitrogen and oxygen atoms in total. The molecule has 2 amide bonds. The second-order valence-corrected chi connectivity index (χ2v) is 9.06. The number of amides is 2. The van der Waals surface area contributed by atoms with Gasteiger partial charge >= 0.3 is 12.2 Å². The van der Waals surface area contributed by atoms with Crippen molar-refractivity contribution in [3.63, 3.8) is 0 Å². The van der Waals surface area contributed by atoms with E-state index in [4.69, 9.17) is 4.74 Å². The molecule has 0 aliphatic carbocycles. The first-order chi connectivity index (χ1) is 15.3. The van der Waals surface area contributed by atoms with Gasteiger partial charge in [-0.3, -0.25) is 0 Å². The maximum absolute atomic E-state index is 13.1. The highest BCUT2D eigenvalue weighted by Gasteiger charge is 2.31. The molecule has 2 aliphatic rings. The predicted molar refractivity (Wildman–Crippen MR) is 119 cm³/mol. The Morgan fingerprint density at radius 3 is 2.44 bits per heavy atom. The van der Waals surface area contributed by atoms with Crippen molar-refractivity contribution in [2.75, 3.05) is 52.5 Å². The van der Waals surface area contributed by atoms with Gasteiger partial charge in [-0.1, -0.05) is 25.1 Å². The number of hydrogen-bond donors (Lipinski definition) is 0. The Labute approximate surface area is 189 Å². The fourth-order valence-electron chi connectivity index (χ4n) is 4.72. The highest BCUT2D eigenvalue weighted by atomic mass is 19.4. The van der Waals surface area contributed by atoms with Gasteiger partial charge in [0.05, 0.1) is 18.8 Å². The molecule has 0 aromatic heterocycles. The normalized spacial score (nSPS) is 19.4. The van der Waals surface area contributed by atoms with Crippen molar-refractivity contribution in [2.45, 2.75) is 51.7 Å². The summed E-state index contributed by atoms with van der Waals surface area (Å²) in [4.78, 5) is 18.9. The van der Waals surface area contributed by atoms with E-state index in [0.29, 0.717) is 38.6 Å². The van der Waals surface area contributed by atoms with Gasteiger partial charge in [0.1, 0.15) is 0 Å². The first-order valence-electron chi connectivity index (χ1n) is 11.8. The fraction of sp³-hybridized carbons (Fsp3) is 0.708. The number of likely N-dealkylation sites (tertiary alicyclic amines) is 1. The number of hydrogen-bond acceptors (Lipinski definition) is 3. The lowest BCUT2D eigenvalue weighted by atomic mass is 9.94. The monoisotopic (exact) mass is 455 g/mol. The lowest BCUT2D eigenvalue weighted by molar-refractivity contribution is -0.137. The summed E-state index contributed by atoms with van der Waals surface area (Å²) in [5.41, 5.74) is 0.140. The van der Waals surface area contributed by atoms with Gasteiger partial charge in [0, 0.05) is 38.8 Å². The van der Waals surface area contributed by atoms with E-state index in [0.717, 1.165) is 57.1 Å². The molecule has 0 N–H and O–H groups in total. The molecule has 2 aliphatic heterocycles. The molecule has 2 saturated heterocycles. The van der Waals surface area contributed by atoms with E-state index in [9.17, 15) is 18.0 Å². The van der Waals surface area contributed by atoms with Gasteiger partial charge in [-0.2, -0.15) is 13.2 Å². The maximum atomic E-state index is 13.1. The Morgan fingerprint density at radius 1 is 1.16 bits per heavy atom. The van der Waals surface area contributed by atoms with Crippen molar-refractivity contribution in [2.24, 2.45) is 5.92 Å². The van der Waals surface area contributed by atoms with Gasteiger partial charge in [0.25, 0.3) is 0 Å². The number of morpholine rings is 1. The van der Waals surface area contributed by atoms with Gasteiger partial charge < -0.3 is 19.4 Å². The van der Waals surface area contributed by atoms with E-state index >= 15 is 0 Å². The van der Waals surface area contributed by atoms with Crippen molar-refractivity contribution in [3.8, 4) is 0 Å². The molecule has 180 valence electrons. The molecule has 32 heavy (non-hydrogen) atoms. The number of halogens is 3. The number of alkyl halides is 3. The summed E-state index contributed by atoms with van der Waals surface area (Å²) in [6.07, 6.45) is -0.784. The van der Waals surface area contributed by atoms with Crippen LogP contribution in [0.5, 0.6) is 0 Å². The molecule has 1 unspecified atom stereocenters. The summed E-state index contributed by atoms with van der Waals surface area (Å²) in [5.74, 6) is 0.499. The lowest BCUT2D eigenvalue weighted by Gasteiger charge is -2.39. The average molecular weight is 456 g/mol. The molecule has 2 fully saturated rings. The average Bonchev–Trinajstić information content (AvgIpc) is 2.79. The number of carbonyl (C=O) groups excluding carboxylic acids is 1. The Balaban J connectivity index is 1.52. The summed E-state index contributed by atoms with van der Waals surface area (Å²) >= 11 is 0. The Hall–Kier alpha value is -1.80. The van der Waals surface area contributed by atoms with E-state index in [1.807, 2.05) is 9.80 Å². The Bertz CT molecular complexity index is 729. The van der Waals surface area contributed by atoms with Crippen molar-refractivity contribution in [1.29, 1.82) is 0 Å². The van der Waals surface area contributed by atoms with Crippen LogP contribution >= 0.6 is 0 Å². The van der Waals surface area contributed by atoms with E-state index in [1.54, 1.807) is 6.07 Å². The van der Waals surface area contributed by atoms with Gasteiger partial charge in [0.15, 0.2) is 0 Å². The van der Waals surface area contributed by atoms with Crippen LogP contribution in [0.3, 0.4) is 0 Å². The zero-order valence-corrected chi connectivity index (χ0v) is 19.2. The standard InChI is InChI=1S/C24H36F3N3O2/c1-3-9-30(19(2)16-21-5-4-6-22(17-21)24(25,26)27)18-20-7-10-28(11-8-20)23(31)29-12-14-32-15-13-29/h4-6,17,19-20H,3,7-16,18H2,1-2H3. The minimum absolute atomic E-state index is 0.120. The van der Waals surface area contributed by atoms with Crippen LogP contribution < -0.4 is 0 Å². The molecule has 0 spiro atoms. The van der Waals surface area contributed by atoms with Crippen LogP contribution in [-0.2, 0) is 17.3 Å². The van der Waals surface area contributed by atoms with Crippen LogP contribution in [0.2, 0.25) is 0 Å². The number of ether oxygens (including phenoxy) is 1. The SMILES string of the molecule is CCCN(CC1CCN(C(=O)N2CCOCC2)CC1)C(C)Cc1cccc(C(F)(F)F)c1. The molecule has 8 heteroatoms. The van der Waals surface area contributed by atoms with Crippen LogP contribution in [0.25, 0.3) is 0 Å². The lowest BCUT2D eigenvalue weighted by Crippen LogP contribution is -2.51. The molecule has 0 radical (unpaired) electrons. The van der Waals surface area contributed by atoms with Crippen molar-refractivity contribution < 1.29 is 22.7 Å². The summed E-state index contributed by atoms with van der Waals surface area (Å²) in [5, 5.41) is 0. The second kappa shape index (κ2) is 11.4. The predicted octanol–water partition coefficient (Wildman–Crippen LogP) is 4.51. The number of nitrogens with zero attached hydrogens (tertiary/aromatic N) is 3. The third-order valence-electron chi connectivity index (χ3n) is 6.58. The molecule has 1 aromatic rings. The molecule has 0 bridgehead atoms. The fourth-order valence-corrected chi connectivity index (χ4v) is 4.72. The minimum Gasteiger partial charge on any atom is -0.378 e. The molecule has 3 rings (SSSR count). The third kappa shape index (κ3) is 6.85. The number of rotatable bonds is 7. The molecule has 0 saturated carbocycles. The van der Waals surface area contributed by atoms with Crippen LogP contribution in [0.4, 0.5) is 18.0 Å². The maximum Gasteiger partial charge on any atom is 0.416 e. The van der Waals surface area contributed by atoms with E-state index in [1.165, 1.54) is 12.1 Å². The molecular weight excluding hydrogens is 419 g/mol. The highest BCUT2D eigenvalue weighted by Crippen LogP contribution is 2.30. The van der Waals surface area contributed by atoms with Crippen LogP contribution in [0.1, 0.15) is 44.2 Å². The van der Waals surface area contributed by atoms with Crippen molar-refractivity contribution in [1.82, 2.24) is 14.7 Å². The Morgan fingerprint density at radius 2 is 1.81 bits per heavy atom. The molecular formula is C24H36F3N3O2. The zero-order valence-electron chi connectivity index (χ0n) is 19.2. The van der Waals surface area contributed by atoms with E-state index in [2.05, 4.69) is 18.7 Å². The largest absolute Gasteiger partial charge is 0.416 e. The topological polar surface area (TPSA) is 36.0 Å². The molecule has 2 heterocycles. The van der Waals surface area contributed by atoms with Crippen LogP contribution in [-0.4, -0.2) is 79.3 Å². The van der Waals surface area contributed by atoms with Crippen LogP contribution in [0, 0.1) is 5.92 Å². The highest BCUT2D eigenvalue weighted by molar-refractivity contribution is 5.74. The summed E-state index contributed by atoms with van der Waals surface area (Å²) in [6.45, 7) is 10.2. The van der Waals surface area contributed by atoms with E-state index in [-0.39, 0.29) is 12.1 Å². The Kier molecular flexibility index (Phi) is 8.82. The van der Waals surface area contributed by atoms with Gasteiger partial charge in [0.2, 0.25) is 0 Å². The van der Waals surface area contributed by atoms with E-state index < -0.39 is 11.7 Å². The summed E-state index contributed by atoms with van der Waals surface area (Å²) in [7, 11) is 0. The quantitative estimate of drug-likeness (QED) is 0.607. The minimum atomic E-state index is -4.31. The zero-order chi connectivity index (χ0) is 23.1. The second-order valence-electron chi connectivity index (χ2n) is 9.06. The summed E-state index contributed by atoms with van der Waals surface area (Å²) < 4.78 is 44.5. The first-order valence-corrected chi connectivity index (χ1v) is 11.8. The molecule has 1 atom stereocenters. The van der Waals surface area contributed by atoms with Gasteiger partial charge in [-0.25, -0.2) is 4.79 Å². The first kappa shape index (κ1) is 24.8. The number of benzene rings is 1. The van der Waals surface area contributed by atoms with Crippen molar-refractivity contribution >= 4 is 6.03 Å². The van der Waals surface area contributed by atoms with Gasteiger partial charge in [-0.05, 0) is 56.7 Å². The third-order valence-corrected chi connectivity index (χ3v) is 6.58. The molecule has 1 aromatic carbocycles. The van der Waals surface area contributed by atoms with Crippen molar-refractivity contribution in [3.05, 3.63) is 35.4 Å². The summed E-state index contributed by atoms with van der Waals surface area (Å²) in [6, 6.07) is 5.96. The number of piperidine rings is 1. The smallest absolute Gasteiger partial charge is 0.378 e.